The molecule has 0 heterocycles. The molecule has 0 amide bonds. The minimum Gasteiger partial charge on any atom is -0.478 e. The molecule has 0 aliphatic carbocycles. The second-order valence-corrected chi connectivity index (χ2v) is 9.51. The Labute approximate surface area is 195 Å². The monoisotopic (exact) mass is 437 g/mol. The average molecular weight is 438 g/mol. The van der Waals surface area contributed by atoms with Crippen LogP contribution in [0.2, 0.25) is 0 Å². The highest BCUT2D eigenvalue weighted by Crippen LogP contribution is 2.15. The van der Waals surface area contributed by atoms with Crippen LogP contribution in [0.25, 0.3) is 0 Å². The molecule has 0 aliphatic heterocycles. The fourth-order valence-corrected chi connectivity index (χ4v) is 4.18. The van der Waals surface area contributed by atoms with Crippen LogP contribution in [0.3, 0.4) is 0 Å². The minimum atomic E-state index is -0.841. The van der Waals surface area contributed by atoms with Crippen molar-refractivity contribution in [3.05, 3.63) is 12.2 Å². The van der Waals surface area contributed by atoms with Crippen molar-refractivity contribution < 1.29 is 9.90 Å². The van der Waals surface area contributed by atoms with Crippen LogP contribution >= 0.6 is 0 Å². The molecule has 0 atom stereocenters. The van der Waals surface area contributed by atoms with E-state index in [4.69, 9.17) is 5.11 Å². The Balaban J connectivity index is 3.28. The molecule has 0 spiro atoms. The number of hydrogen-bond donors (Lipinski definition) is 1. The molecule has 0 fully saturated rings. The van der Waals surface area contributed by atoms with Gasteiger partial charge in [-0.2, -0.15) is 0 Å². The number of carboxylic acids is 1. The molecule has 3 heteroatoms. The van der Waals surface area contributed by atoms with E-state index in [1.54, 1.807) is 0 Å². The van der Waals surface area contributed by atoms with Crippen LogP contribution in [0.15, 0.2) is 12.2 Å². The Morgan fingerprint density at radius 2 is 0.903 bits per heavy atom. The third kappa shape index (κ3) is 22.2. The van der Waals surface area contributed by atoms with E-state index in [2.05, 4.69) is 25.3 Å². The first kappa shape index (κ1) is 30.2. The molecule has 0 saturated heterocycles. The van der Waals surface area contributed by atoms with E-state index >= 15 is 0 Å². The second-order valence-electron chi connectivity index (χ2n) is 9.51. The van der Waals surface area contributed by atoms with E-state index in [0.717, 1.165) is 12.8 Å². The molecule has 31 heavy (non-hydrogen) atoms. The zero-order valence-electron chi connectivity index (χ0n) is 21.3. The number of aliphatic carboxylic acids is 1. The Bertz CT molecular complexity index is 400. The summed E-state index contributed by atoms with van der Waals surface area (Å²) in [5.41, 5.74) is 0.358. The lowest BCUT2D eigenvalue weighted by Gasteiger charge is -2.21. The highest BCUT2D eigenvalue weighted by Gasteiger charge is 2.04. The van der Waals surface area contributed by atoms with Crippen molar-refractivity contribution in [3.8, 4) is 0 Å². The molecular weight excluding hydrogens is 382 g/mol. The molecule has 0 bridgehead atoms. The van der Waals surface area contributed by atoms with Crippen LogP contribution in [-0.4, -0.2) is 35.6 Å². The van der Waals surface area contributed by atoms with Crippen molar-refractivity contribution in [3.63, 3.8) is 0 Å². The first-order valence-electron chi connectivity index (χ1n) is 13.7. The zero-order valence-corrected chi connectivity index (χ0v) is 21.3. The summed E-state index contributed by atoms with van der Waals surface area (Å²) < 4.78 is 0. The Morgan fingerprint density at radius 1 is 0.581 bits per heavy atom. The van der Waals surface area contributed by atoms with Gasteiger partial charge in [0.25, 0.3) is 0 Å². The van der Waals surface area contributed by atoms with E-state index in [0.29, 0.717) is 12.0 Å². The van der Waals surface area contributed by atoms with Gasteiger partial charge < -0.3 is 10.0 Å². The van der Waals surface area contributed by atoms with E-state index in [1.165, 1.54) is 129 Å². The van der Waals surface area contributed by atoms with Gasteiger partial charge in [0.1, 0.15) is 0 Å². The van der Waals surface area contributed by atoms with Crippen LogP contribution in [0.4, 0.5) is 0 Å². The molecule has 0 aromatic carbocycles. The molecule has 0 aliphatic rings. The normalized spacial score (nSPS) is 11.3. The number of hydrogen-bond acceptors (Lipinski definition) is 2. The van der Waals surface area contributed by atoms with Crippen LogP contribution in [0, 0.1) is 0 Å². The van der Waals surface area contributed by atoms with Crippen molar-refractivity contribution in [2.45, 2.75) is 142 Å². The van der Waals surface area contributed by atoms with E-state index in [-0.39, 0.29) is 0 Å². The van der Waals surface area contributed by atoms with Gasteiger partial charge in [0.2, 0.25) is 0 Å². The van der Waals surface area contributed by atoms with Gasteiger partial charge in [-0.15, -0.1) is 0 Å². The summed E-state index contributed by atoms with van der Waals surface area (Å²) >= 11 is 0. The first-order chi connectivity index (χ1) is 15.1. The van der Waals surface area contributed by atoms with Gasteiger partial charge in [0, 0.05) is 5.57 Å². The average Bonchev–Trinajstić information content (AvgIpc) is 2.76. The molecule has 0 saturated carbocycles. The largest absolute Gasteiger partial charge is 0.478 e. The van der Waals surface area contributed by atoms with Crippen molar-refractivity contribution in [2.75, 3.05) is 19.6 Å². The topological polar surface area (TPSA) is 40.5 Å². The molecule has 0 radical (unpaired) electrons. The third-order valence-electron chi connectivity index (χ3n) is 6.41. The predicted molar refractivity (Wildman–Crippen MR) is 137 cm³/mol. The summed E-state index contributed by atoms with van der Waals surface area (Å²) in [4.78, 5) is 13.4. The van der Waals surface area contributed by atoms with Crippen molar-refractivity contribution in [1.29, 1.82) is 0 Å². The Kier molecular flexibility index (Phi) is 23.2. The van der Waals surface area contributed by atoms with Gasteiger partial charge >= 0.3 is 5.97 Å². The van der Waals surface area contributed by atoms with Gasteiger partial charge in [-0.05, 0) is 51.7 Å². The SMILES string of the molecule is C=C(CCCCCCCCCCCCCCCCCN(CCCC)CCCC)C(=O)O. The molecule has 184 valence electrons. The van der Waals surface area contributed by atoms with Crippen molar-refractivity contribution >= 4 is 5.97 Å². The van der Waals surface area contributed by atoms with Crippen LogP contribution in [-0.2, 0) is 4.79 Å². The molecule has 1 N–H and O–H groups in total. The second kappa shape index (κ2) is 23.8. The number of carboxylic acid groups (broad SMARTS) is 1. The summed E-state index contributed by atoms with van der Waals surface area (Å²) in [5, 5.41) is 8.77. The Hall–Kier alpha value is -0.830. The van der Waals surface area contributed by atoms with Gasteiger partial charge in [-0.1, -0.05) is 117 Å². The van der Waals surface area contributed by atoms with Crippen LogP contribution in [0.1, 0.15) is 142 Å². The number of unbranched alkanes of at least 4 members (excludes halogenated alkanes) is 16. The highest BCUT2D eigenvalue weighted by molar-refractivity contribution is 5.85. The van der Waals surface area contributed by atoms with Crippen molar-refractivity contribution in [1.82, 2.24) is 4.90 Å². The summed E-state index contributed by atoms with van der Waals surface area (Å²) in [6.07, 6.45) is 26.1. The smallest absolute Gasteiger partial charge is 0.330 e. The minimum absolute atomic E-state index is 0.358. The fraction of sp³-hybridized carbons (Fsp3) is 0.893. The molecule has 0 rings (SSSR count). The molecule has 0 unspecified atom stereocenters. The predicted octanol–water partition coefficient (Wildman–Crippen LogP) is 8.77. The summed E-state index contributed by atoms with van der Waals surface area (Å²) in [7, 11) is 0. The van der Waals surface area contributed by atoms with Gasteiger partial charge in [-0.3, -0.25) is 0 Å². The lowest BCUT2D eigenvalue weighted by Crippen LogP contribution is -2.27. The molecule has 3 nitrogen and oxygen atoms in total. The van der Waals surface area contributed by atoms with E-state index in [1.807, 2.05) is 0 Å². The lowest BCUT2D eigenvalue weighted by atomic mass is 10.0. The van der Waals surface area contributed by atoms with Crippen molar-refractivity contribution in [2.24, 2.45) is 0 Å². The highest BCUT2D eigenvalue weighted by atomic mass is 16.4. The fourth-order valence-electron chi connectivity index (χ4n) is 4.18. The summed E-state index contributed by atoms with van der Waals surface area (Å²) in [6.45, 7) is 12.1. The standard InChI is InChI=1S/C28H55NO2/c1-4-6-24-29(25-7-5-2)26-22-20-18-16-14-12-10-8-9-11-13-15-17-19-21-23-27(3)28(30)31/h3-26H2,1-2H3,(H,30,31). The summed E-state index contributed by atoms with van der Waals surface area (Å²) in [6, 6.07) is 0. The molecule has 0 aromatic rings. The van der Waals surface area contributed by atoms with Gasteiger partial charge in [0.15, 0.2) is 0 Å². The van der Waals surface area contributed by atoms with Crippen LogP contribution < -0.4 is 0 Å². The summed E-state index contributed by atoms with van der Waals surface area (Å²) in [5.74, 6) is -0.841. The maximum absolute atomic E-state index is 10.7. The van der Waals surface area contributed by atoms with Gasteiger partial charge in [0.05, 0.1) is 0 Å². The third-order valence-corrected chi connectivity index (χ3v) is 6.41. The number of rotatable bonds is 25. The van der Waals surface area contributed by atoms with Gasteiger partial charge in [-0.25, -0.2) is 4.79 Å². The maximum Gasteiger partial charge on any atom is 0.330 e. The number of nitrogens with zero attached hydrogens (tertiary/aromatic N) is 1. The van der Waals surface area contributed by atoms with E-state index < -0.39 is 5.97 Å². The van der Waals surface area contributed by atoms with Crippen LogP contribution in [0.5, 0.6) is 0 Å². The quantitative estimate of drug-likeness (QED) is 0.115. The first-order valence-corrected chi connectivity index (χ1v) is 13.7. The molecule has 0 aromatic heterocycles. The maximum atomic E-state index is 10.7. The zero-order chi connectivity index (χ0) is 23.0. The Morgan fingerprint density at radius 3 is 1.26 bits per heavy atom. The lowest BCUT2D eigenvalue weighted by molar-refractivity contribution is -0.132. The number of carbonyl (C=O) groups is 1. The van der Waals surface area contributed by atoms with E-state index in [9.17, 15) is 4.79 Å². The molecular formula is C28H55NO2.